The van der Waals surface area contributed by atoms with Crippen LogP contribution in [0.2, 0.25) is 5.02 Å². The average molecular weight is 497 g/mol. The summed E-state index contributed by atoms with van der Waals surface area (Å²) in [6.45, 7) is 1.92. The lowest BCUT2D eigenvalue weighted by Crippen LogP contribution is -2.54. The molecule has 3 fully saturated rings. The van der Waals surface area contributed by atoms with Crippen LogP contribution in [0.1, 0.15) is 36.8 Å². The van der Waals surface area contributed by atoms with Crippen molar-refractivity contribution in [3.63, 3.8) is 0 Å². The number of rotatable bonds is 6. The number of carbonyl (C=O) groups excluding carboxylic acids is 3. The fourth-order valence-corrected chi connectivity index (χ4v) is 5.74. The minimum absolute atomic E-state index is 0.00812. The number of amides is 4. The number of nitrogens with one attached hydrogen (secondary N) is 1. The quantitative estimate of drug-likeness (QED) is 0.620. The van der Waals surface area contributed by atoms with Crippen LogP contribution in [0.5, 0.6) is 0 Å². The van der Waals surface area contributed by atoms with E-state index in [4.69, 9.17) is 16.3 Å². The van der Waals surface area contributed by atoms with E-state index in [9.17, 15) is 14.4 Å². The molecule has 0 bridgehead atoms. The van der Waals surface area contributed by atoms with Crippen LogP contribution in [0.25, 0.3) is 0 Å². The van der Waals surface area contributed by atoms with Gasteiger partial charge in [-0.1, -0.05) is 35.9 Å². The van der Waals surface area contributed by atoms with E-state index >= 15 is 0 Å². The van der Waals surface area contributed by atoms with E-state index in [1.807, 2.05) is 29.2 Å². The van der Waals surface area contributed by atoms with Gasteiger partial charge < -0.3 is 15.0 Å². The SMILES string of the molecule is O=C(Cc1ccccc1Cl)N1CCC([C@@]2(c3cccnc3)NC(=O)N(C[C@@H]3CCCO3)C2=O)CC1. The molecule has 0 radical (unpaired) electrons. The molecule has 3 aliphatic rings. The van der Waals surface area contributed by atoms with Crippen LogP contribution in [-0.2, 0) is 26.3 Å². The number of likely N-dealkylation sites (tertiary alicyclic amines) is 1. The maximum atomic E-state index is 13.9. The van der Waals surface area contributed by atoms with Crippen LogP contribution in [-0.4, -0.2) is 65.0 Å². The van der Waals surface area contributed by atoms with Gasteiger partial charge in [0, 0.05) is 42.7 Å². The van der Waals surface area contributed by atoms with Crippen molar-refractivity contribution in [2.75, 3.05) is 26.2 Å². The Balaban J connectivity index is 1.34. The number of ether oxygens (including phenoxy) is 1. The van der Waals surface area contributed by atoms with E-state index in [2.05, 4.69) is 10.3 Å². The van der Waals surface area contributed by atoms with Crippen molar-refractivity contribution >= 4 is 29.4 Å². The zero-order valence-electron chi connectivity index (χ0n) is 19.5. The Morgan fingerprint density at radius 2 is 1.94 bits per heavy atom. The molecule has 0 aliphatic carbocycles. The Morgan fingerprint density at radius 3 is 2.63 bits per heavy atom. The minimum atomic E-state index is -1.19. The largest absolute Gasteiger partial charge is 0.376 e. The number of hydrogen-bond acceptors (Lipinski definition) is 5. The van der Waals surface area contributed by atoms with Gasteiger partial charge in [0.1, 0.15) is 0 Å². The van der Waals surface area contributed by atoms with Gasteiger partial charge in [-0.05, 0) is 49.3 Å². The summed E-state index contributed by atoms with van der Waals surface area (Å²) in [7, 11) is 0. The minimum Gasteiger partial charge on any atom is -0.376 e. The topological polar surface area (TPSA) is 91.8 Å². The van der Waals surface area contributed by atoms with Gasteiger partial charge in [-0.3, -0.25) is 19.5 Å². The van der Waals surface area contributed by atoms with Crippen LogP contribution in [0.4, 0.5) is 4.79 Å². The molecule has 1 aromatic carbocycles. The molecule has 5 rings (SSSR count). The predicted molar refractivity (Wildman–Crippen MR) is 130 cm³/mol. The molecule has 2 atom stereocenters. The van der Waals surface area contributed by atoms with E-state index in [1.165, 1.54) is 4.90 Å². The van der Waals surface area contributed by atoms with Crippen molar-refractivity contribution in [1.82, 2.24) is 20.1 Å². The van der Waals surface area contributed by atoms with E-state index in [-0.39, 0.29) is 36.8 Å². The second-order valence-electron chi connectivity index (χ2n) is 9.45. The Morgan fingerprint density at radius 1 is 1.14 bits per heavy atom. The average Bonchev–Trinajstić information content (AvgIpc) is 3.49. The monoisotopic (exact) mass is 496 g/mol. The molecule has 1 N–H and O–H groups in total. The fraction of sp³-hybridized carbons (Fsp3) is 0.462. The van der Waals surface area contributed by atoms with E-state index in [0.29, 0.717) is 43.1 Å². The summed E-state index contributed by atoms with van der Waals surface area (Å²) >= 11 is 6.24. The number of piperidine rings is 1. The van der Waals surface area contributed by atoms with Crippen LogP contribution in [0.3, 0.4) is 0 Å². The molecule has 4 heterocycles. The van der Waals surface area contributed by atoms with Crippen molar-refractivity contribution in [3.05, 3.63) is 64.9 Å². The Kier molecular flexibility index (Phi) is 6.75. The molecule has 0 unspecified atom stereocenters. The highest BCUT2D eigenvalue weighted by molar-refractivity contribution is 6.31. The second kappa shape index (κ2) is 9.95. The first-order valence-electron chi connectivity index (χ1n) is 12.2. The molecule has 0 spiro atoms. The first-order chi connectivity index (χ1) is 17.0. The van der Waals surface area contributed by atoms with E-state index in [1.54, 1.807) is 24.5 Å². The zero-order valence-corrected chi connectivity index (χ0v) is 20.2. The molecular weight excluding hydrogens is 468 g/mol. The standard InChI is InChI=1S/C26H29ClN4O4/c27-22-8-2-1-5-18(22)15-23(32)30-12-9-19(10-13-30)26(20-6-3-11-28-16-20)24(33)31(25(34)29-26)17-21-7-4-14-35-21/h1-3,5-6,8,11,16,19,21H,4,7,9-10,12-15,17H2,(H,29,34)/t21-,26-/m0/s1. The van der Waals surface area contributed by atoms with Crippen LogP contribution >= 0.6 is 11.6 Å². The van der Waals surface area contributed by atoms with Crippen molar-refractivity contribution < 1.29 is 19.1 Å². The number of halogens is 1. The molecule has 184 valence electrons. The van der Waals surface area contributed by atoms with Gasteiger partial charge in [-0.15, -0.1) is 0 Å². The van der Waals surface area contributed by atoms with Crippen LogP contribution in [0, 0.1) is 5.92 Å². The number of urea groups is 1. The van der Waals surface area contributed by atoms with Gasteiger partial charge >= 0.3 is 6.03 Å². The zero-order chi connectivity index (χ0) is 24.4. The number of benzene rings is 1. The van der Waals surface area contributed by atoms with E-state index < -0.39 is 11.6 Å². The molecule has 3 saturated heterocycles. The second-order valence-corrected chi connectivity index (χ2v) is 9.86. The van der Waals surface area contributed by atoms with Crippen molar-refractivity contribution in [1.29, 1.82) is 0 Å². The summed E-state index contributed by atoms with van der Waals surface area (Å²) in [5.74, 6) is -0.414. The lowest BCUT2D eigenvalue weighted by atomic mass is 9.73. The maximum absolute atomic E-state index is 13.9. The summed E-state index contributed by atoms with van der Waals surface area (Å²) in [5, 5.41) is 3.62. The Bertz CT molecular complexity index is 1100. The van der Waals surface area contributed by atoms with E-state index in [0.717, 1.165) is 18.4 Å². The van der Waals surface area contributed by atoms with Crippen molar-refractivity contribution in [3.8, 4) is 0 Å². The summed E-state index contributed by atoms with van der Waals surface area (Å²) < 4.78 is 5.69. The maximum Gasteiger partial charge on any atom is 0.325 e. The lowest BCUT2D eigenvalue weighted by Gasteiger charge is -2.41. The molecule has 35 heavy (non-hydrogen) atoms. The molecule has 3 aliphatic heterocycles. The molecule has 8 nitrogen and oxygen atoms in total. The Labute approximate surface area is 209 Å². The highest BCUT2D eigenvalue weighted by Gasteiger charge is 2.57. The number of aromatic nitrogens is 1. The van der Waals surface area contributed by atoms with Crippen molar-refractivity contribution in [2.45, 2.75) is 43.7 Å². The van der Waals surface area contributed by atoms with Gasteiger partial charge in [0.25, 0.3) is 5.91 Å². The molecule has 2 aromatic rings. The third-order valence-electron chi connectivity index (χ3n) is 7.42. The van der Waals surface area contributed by atoms with Gasteiger partial charge in [0.2, 0.25) is 5.91 Å². The van der Waals surface area contributed by atoms with Crippen LogP contribution < -0.4 is 5.32 Å². The predicted octanol–water partition coefficient (Wildman–Crippen LogP) is 3.14. The molecular formula is C26H29ClN4O4. The summed E-state index contributed by atoms with van der Waals surface area (Å²) in [5.41, 5.74) is 0.284. The van der Waals surface area contributed by atoms with Gasteiger partial charge in [-0.2, -0.15) is 0 Å². The number of hydrogen-bond donors (Lipinski definition) is 1. The molecule has 0 saturated carbocycles. The van der Waals surface area contributed by atoms with Gasteiger partial charge in [0.15, 0.2) is 5.54 Å². The third-order valence-corrected chi connectivity index (χ3v) is 7.79. The number of nitrogens with zero attached hydrogens (tertiary/aromatic N) is 3. The van der Waals surface area contributed by atoms with Crippen LogP contribution in [0.15, 0.2) is 48.8 Å². The van der Waals surface area contributed by atoms with Gasteiger partial charge in [0.05, 0.1) is 19.1 Å². The summed E-state index contributed by atoms with van der Waals surface area (Å²) in [6.07, 6.45) is 6.36. The smallest absolute Gasteiger partial charge is 0.325 e. The third kappa shape index (κ3) is 4.52. The molecule has 9 heteroatoms. The summed E-state index contributed by atoms with van der Waals surface area (Å²) in [4.78, 5) is 47.3. The molecule has 1 aromatic heterocycles. The summed E-state index contributed by atoms with van der Waals surface area (Å²) in [6, 6.07) is 10.6. The van der Waals surface area contributed by atoms with Crippen molar-refractivity contribution in [2.24, 2.45) is 5.92 Å². The lowest BCUT2D eigenvalue weighted by molar-refractivity contribution is -0.137. The number of pyridine rings is 1. The first-order valence-corrected chi connectivity index (χ1v) is 12.5. The number of carbonyl (C=O) groups is 3. The highest BCUT2D eigenvalue weighted by atomic mass is 35.5. The Hall–Kier alpha value is -2.97. The normalized spacial score (nSPS) is 25.2. The van der Waals surface area contributed by atoms with Gasteiger partial charge in [-0.25, -0.2) is 4.79 Å². The number of imide groups is 1. The fourth-order valence-electron chi connectivity index (χ4n) is 5.53. The molecule has 4 amide bonds. The first kappa shape index (κ1) is 23.8. The highest BCUT2D eigenvalue weighted by Crippen LogP contribution is 2.41.